The van der Waals surface area contributed by atoms with Gasteiger partial charge in [-0.05, 0) is 48.6 Å². The average Bonchev–Trinajstić information content (AvgIpc) is 3.67. The van der Waals surface area contributed by atoms with Crippen LogP contribution in [0.5, 0.6) is 0 Å². The summed E-state index contributed by atoms with van der Waals surface area (Å²) in [7, 11) is -4.07. The summed E-state index contributed by atoms with van der Waals surface area (Å²) in [6, 6.07) is 10.5. The molecule has 0 saturated heterocycles. The van der Waals surface area contributed by atoms with E-state index in [0.29, 0.717) is 48.1 Å². The lowest BCUT2D eigenvalue weighted by molar-refractivity contribution is -0.120. The number of sulfonamides is 1. The maximum Gasteiger partial charge on any atom is 0.354 e. The first kappa shape index (κ1) is 24.6. The number of benzene rings is 1. The van der Waals surface area contributed by atoms with Gasteiger partial charge in [-0.1, -0.05) is 31.2 Å². The van der Waals surface area contributed by atoms with Crippen LogP contribution in [0.25, 0.3) is 22.3 Å². The lowest BCUT2D eigenvalue weighted by Gasteiger charge is -2.12. The zero-order valence-electron chi connectivity index (χ0n) is 20.3. The number of hydrogen-bond acceptors (Lipinski definition) is 7. The molecular weight excluding hydrogens is 494 g/mol. The van der Waals surface area contributed by atoms with Gasteiger partial charge < -0.3 is 9.67 Å². The van der Waals surface area contributed by atoms with Crippen LogP contribution in [0.4, 0.5) is 0 Å². The predicted octanol–water partition coefficient (Wildman–Crippen LogP) is 3.33. The van der Waals surface area contributed by atoms with Crippen molar-refractivity contribution in [3.8, 4) is 11.1 Å². The number of nitrogens with zero attached hydrogens (tertiary/aromatic N) is 4. The lowest BCUT2D eigenvalue weighted by Crippen LogP contribution is -2.32. The maximum absolute atomic E-state index is 12.9. The number of aromatic nitrogens is 4. The SMILES string of the molecule is CCc1nc2c(C)cc(C(=O)O)nc2n1Cc1ccc(-c2ccncc2S(=O)(=O)NC(=O)C2CC2)cc1. The summed E-state index contributed by atoms with van der Waals surface area (Å²) in [6.07, 6.45) is 4.78. The molecule has 1 saturated carbocycles. The van der Waals surface area contributed by atoms with E-state index in [2.05, 4.69) is 19.7 Å². The number of aryl methyl sites for hydroxylation is 2. The second-order valence-electron chi connectivity index (χ2n) is 9.08. The molecule has 3 aromatic heterocycles. The zero-order chi connectivity index (χ0) is 26.3. The van der Waals surface area contributed by atoms with Crippen molar-refractivity contribution in [1.29, 1.82) is 0 Å². The first-order valence-electron chi connectivity index (χ1n) is 11.9. The van der Waals surface area contributed by atoms with Crippen LogP contribution in [-0.2, 0) is 27.8 Å². The molecule has 3 heterocycles. The van der Waals surface area contributed by atoms with E-state index in [1.807, 2.05) is 30.5 Å². The quantitative estimate of drug-likeness (QED) is 0.361. The summed E-state index contributed by atoms with van der Waals surface area (Å²) in [5.41, 5.74) is 3.86. The first-order valence-corrected chi connectivity index (χ1v) is 13.4. The summed E-state index contributed by atoms with van der Waals surface area (Å²) < 4.78 is 29.9. The highest BCUT2D eigenvalue weighted by molar-refractivity contribution is 7.90. The van der Waals surface area contributed by atoms with Gasteiger partial charge in [0.05, 0.1) is 6.54 Å². The van der Waals surface area contributed by atoms with Crippen molar-refractivity contribution in [2.45, 2.75) is 44.6 Å². The van der Waals surface area contributed by atoms with Crippen LogP contribution in [0.3, 0.4) is 0 Å². The van der Waals surface area contributed by atoms with E-state index in [1.165, 1.54) is 18.5 Å². The number of carbonyl (C=O) groups is 2. The van der Waals surface area contributed by atoms with Crippen molar-refractivity contribution in [1.82, 2.24) is 24.2 Å². The van der Waals surface area contributed by atoms with Gasteiger partial charge in [0.25, 0.3) is 10.0 Å². The van der Waals surface area contributed by atoms with Crippen LogP contribution < -0.4 is 4.72 Å². The maximum atomic E-state index is 12.9. The summed E-state index contributed by atoms with van der Waals surface area (Å²) in [6.45, 7) is 4.20. The summed E-state index contributed by atoms with van der Waals surface area (Å²) in [5.74, 6) is -1.05. The second-order valence-corrected chi connectivity index (χ2v) is 10.7. The molecule has 1 aromatic carbocycles. The number of carboxylic acid groups (broad SMARTS) is 1. The van der Waals surface area contributed by atoms with Crippen LogP contribution in [0.1, 0.15) is 47.2 Å². The van der Waals surface area contributed by atoms with Gasteiger partial charge in [0.2, 0.25) is 5.91 Å². The molecule has 1 amide bonds. The summed E-state index contributed by atoms with van der Waals surface area (Å²) >= 11 is 0. The molecule has 0 radical (unpaired) electrons. The number of hydrogen-bond donors (Lipinski definition) is 2. The topological polar surface area (TPSA) is 144 Å². The van der Waals surface area contributed by atoms with Gasteiger partial charge in [-0.2, -0.15) is 0 Å². The highest BCUT2D eigenvalue weighted by Crippen LogP contribution is 2.31. The Morgan fingerprint density at radius 3 is 2.51 bits per heavy atom. The van der Waals surface area contributed by atoms with Crippen LogP contribution in [0.15, 0.2) is 53.7 Å². The van der Waals surface area contributed by atoms with Gasteiger partial charge in [-0.3, -0.25) is 9.78 Å². The van der Waals surface area contributed by atoms with Crippen molar-refractivity contribution in [3.05, 3.63) is 71.4 Å². The molecule has 0 atom stereocenters. The van der Waals surface area contributed by atoms with Crippen LogP contribution in [-0.4, -0.2) is 44.9 Å². The molecular formula is C26H25N5O5S. The molecule has 0 spiro atoms. The average molecular weight is 520 g/mol. The fraction of sp³-hybridized carbons (Fsp3) is 0.269. The van der Waals surface area contributed by atoms with Gasteiger partial charge in [-0.25, -0.2) is 27.9 Å². The van der Waals surface area contributed by atoms with Crippen LogP contribution in [0.2, 0.25) is 0 Å². The largest absolute Gasteiger partial charge is 0.477 e. The monoisotopic (exact) mass is 519 g/mol. The van der Waals surface area contributed by atoms with E-state index in [4.69, 9.17) is 0 Å². The Balaban J connectivity index is 1.47. The number of nitrogens with one attached hydrogen (secondary N) is 1. The van der Waals surface area contributed by atoms with E-state index in [9.17, 15) is 23.1 Å². The van der Waals surface area contributed by atoms with E-state index in [-0.39, 0.29) is 16.5 Å². The normalized spacial score (nSPS) is 13.6. The van der Waals surface area contributed by atoms with Crippen molar-refractivity contribution in [2.75, 3.05) is 0 Å². The molecule has 37 heavy (non-hydrogen) atoms. The number of pyridine rings is 2. The number of aromatic carboxylic acids is 1. The Bertz CT molecular complexity index is 1640. The molecule has 11 heteroatoms. The molecule has 0 bridgehead atoms. The second kappa shape index (κ2) is 9.40. The van der Waals surface area contributed by atoms with E-state index in [0.717, 1.165) is 17.0 Å². The van der Waals surface area contributed by atoms with Crippen LogP contribution in [0, 0.1) is 12.8 Å². The Hall–Kier alpha value is -4.12. The van der Waals surface area contributed by atoms with Gasteiger partial charge in [-0.15, -0.1) is 0 Å². The standard InChI is InChI=1S/C26H25N5O5S/c1-3-22-29-23-15(2)12-20(26(33)34)28-24(23)31(22)14-16-4-6-17(7-5-16)19-10-11-27-13-21(19)37(35,36)30-25(32)18-8-9-18/h4-7,10-13,18H,3,8-9,14H2,1-2H3,(H,30,32)(H,33,34). The number of imidazole rings is 1. The molecule has 1 aliphatic rings. The van der Waals surface area contributed by atoms with Crippen molar-refractivity contribution >= 4 is 33.1 Å². The number of carboxylic acids is 1. The molecule has 5 rings (SSSR count). The minimum absolute atomic E-state index is 0.0376. The Morgan fingerprint density at radius 2 is 1.86 bits per heavy atom. The molecule has 4 aromatic rings. The van der Waals surface area contributed by atoms with E-state index >= 15 is 0 Å². The van der Waals surface area contributed by atoms with Gasteiger partial charge in [0.15, 0.2) is 11.3 Å². The van der Waals surface area contributed by atoms with Crippen LogP contribution >= 0.6 is 0 Å². The fourth-order valence-corrected chi connectivity index (χ4v) is 5.47. The molecule has 0 unspecified atom stereocenters. The minimum atomic E-state index is -4.07. The lowest BCUT2D eigenvalue weighted by atomic mass is 10.0. The predicted molar refractivity (Wildman–Crippen MR) is 135 cm³/mol. The highest BCUT2D eigenvalue weighted by Gasteiger charge is 2.33. The third-order valence-electron chi connectivity index (χ3n) is 6.37. The molecule has 2 N–H and O–H groups in total. The fourth-order valence-electron chi connectivity index (χ4n) is 4.25. The van der Waals surface area contributed by atoms with E-state index < -0.39 is 21.9 Å². The highest BCUT2D eigenvalue weighted by atomic mass is 32.2. The summed E-state index contributed by atoms with van der Waals surface area (Å²) in [4.78, 5) is 36.6. The number of amides is 1. The van der Waals surface area contributed by atoms with Gasteiger partial charge in [0, 0.05) is 30.3 Å². The van der Waals surface area contributed by atoms with Gasteiger partial charge >= 0.3 is 5.97 Å². The Kier molecular flexibility index (Phi) is 6.24. The van der Waals surface area contributed by atoms with Crippen molar-refractivity contribution < 1.29 is 23.1 Å². The molecule has 1 aliphatic carbocycles. The minimum Gasteiger partial charge on any atom is -0.477 e. The number of carbonyl (C=O) groups excluding carboxylic acids is 1. The van der Waals surface area contributed by atoms with E-state index in [1.54, 1.807) is 18.2 Å². The molecule has 190 valence electrons. The number of fused-ring (bicyclic) bond motifs is 1. The number of rotatable bonds is 8. The first-order chi connectivity index (χ1) is 17.7. The molecule has 0 aliphatic heterocycles. The Morgan fingerprint density at radius 1 is 1.14 bits per heavy atom. The van der Waals surface area contributed by atoms with Gasteiger partial charge in [0.1, 0.15) is 16.2 Å². The Labute approximate surface area is 213 Å². The smallest absolute Gasteiger partial charge is 0.354 e. The molecule has 1 fully saturated rings. The van der Waals surface area contributed by atoms with Crippen molar-refractivity contribution in [2.24, 2.45) is 5.92 Å². The van der Waals surface area contributed by atoms with Crippen molar-refractivity contribution in [3.63, 3.8) is 0 Å². The molecule has 10 nitrogen and oxygen atoms in total. The third kappa shape index (κ3) is 4.82. The zero-order valence-corrected chi connectivity index (χ0v) is 21.1. The third-order valence-corrected chi connectivity index (χ3v) is 7.75. The summed E-state index contributed by atoms with van der Waals surface area (Å²) in [5, 5.41) is 9.45.